The lowest BCUT2D eigenvalue weighted by atomic mass is 10.1. The summed E-state index contributed by atoms with van der Waals surface area (Å²) in [6.07, 6.45) is 2.51. The number of amides is 3. The molecule has 0 aliphatic rings. The first-order valence-electron chi connectivity index (χ1n) is 14.2. The first-order valence-corrected chi connectivity index (χ1v) is 14.2. The van der Waals surface area contributed by atoms with Crippen LogP contribution in [0, 0.1) is 11.8 Å². The monoisotopic (exact) mass is 562 g/mol. The molecule has 226 valence electrons. The quantitative estimate of drug-likeness (QED) is 0.144. The van der Waals surface area contributed by atoms with Crippen LogP contribution in [0.5, 0.6) is 5.75 Å². The molecule has 0 radical (unpaired) electrons. The van der Waals surface area contributed by atoms with Crippen LogP contribution in [0.3, 0.4) is 0 Å². The van der Waals surface area contributed by atoms with Crippen molar-refractivity contribution in [2.75, 3.05) is 60.2 Å². The summed E-state index contributed by atoms with van der Waals surface area (Å²) in [5, 5.41) is 4.19. The molecule has 0 aromatic heterocycles. The fourth-order valence-corrected chi connectivity index (χ4v) is 3.32. The topological polar surface area (TPSA) is 110 Å². The minimum atomic E-state index is -0.364. The summed E-state index contributed by atoms with van der Waals surface area (Å²) >= 11 is 0. The number of Topliss-reactive ketones (excluding diaryl/α,β-unsaturated/α-hetero) is 1. The molecule has 0 bridgehead atoms. The fourth-order valence-electron chi connectivity index (χ4n) is 3.32. The number of urea groups is 1. The van der Waals surface area contributed by atoms with Gasteiger partial charge in [-0.3, -0.25) is 9.59 Å². The second-order valence-corrected chi connectivity index (χ2v) is 10.6. The van der Waals surface area contributed by atoms with E-state index in [1.165, 1.54) is 4.90 Å². The van der Waals surface area contributed by atoms with Crippen molar-refractivity contribution in [1.29, 1.82) is 0 Å². The average Bonchev–Trinajstić information content (AvgIpc) is 2.93. The summed E-state index contributed by atoms with van der Waals surface area (Å²) in [6.45, 7) is 13.2. The van der Waals surface area contributed by atoms with Crippen molar-refractivity contribution >= 4 is 23.4 Å². The fraction of sp³-hybridized carbons (Fsp3) is 0.667. The molecule has 0 aliphatic carbocycles. The zero-order valence-corrected chi connectivity index (χ0v) is 25.5. The van der Waals surface area contributed by atoms with E-state index in [9.17, 15) is 14.4 Å². The summed E-state index contributed by atoms with van der Waals surface area (Å²) in [5.74, 6) is 1.59. The molecule has 10 heteroatoms. The Balaban J connectivity index is 2.29. The van der Waals surface area contributed by atoms with Crippen LogP contribution in [0.1, 0.15) is 65.9 Å². The van der Waals surface area contributed by atoms with Crippen molar-refractivity contribution in [1.82, 2.24) is 15.2 Å². The van der Waals surface area contributed by atoms with Gasteiger partial charge in [0.15, 0.2) is 0 Å². The van der Waals surface area contributed by atoms with Gasteiger partial charge in [0.25, 0.3) is 0 Å². The van der Waals surface area contributed by atoms with Crippen molar-refractivity contribution in [2.45, 2.75) is 60.3 Å². The SMILES string of the molecule is C/C(=N\NC(=O)N(C)CCN(C)C(=O)CCOCCOCCC(C)C)c1ccc(OCCCC(=O)C(C)C)cc1. The Hall–Kier alpha value is -2.98. The summed E-state index contributed by atoms with van der Waals surface area (Å²) in [4.78, 5) is 39.5. The highest BCUT2D eigenvalue weighted by Crippen LogP contribution is 2.14. The highest BCUT2D eigenvalue weighted by atomic mass is 16.5. The summed E-state index contributed by atoms with van der Waals surface area (Å²) in [6, 6.07) is 7.05. The second-order valence-electron chi connectivity index (χ2n) is 10.6. The smallest absolute Gasteiger partial charge is 0.337 e. The highest BCUT2D eigenvalue weighted by Gasteiger charge is 2.13. The number of ketones is 1. The van der Waals surface area contributed by atoms with Crippen LogP contribution in [0.25, 0.3) is 0 Å². The molecule has 3 amide bonds. The number of benzene rings is 1. The van der Waals surface area contributed by atoms with Crippen molar-refractivity contribution in [3.8, 4) is 5.75 Å². The van der Waals surface area contributed by atoms with Gasteiger partial charge in [-0.1, -0.05) is 27.7 Å². The Bertz CT molecular complexity index is 917. The molecule has 1 aromatic carbocycles. The summed E-state index contributed by atoms with van der Waals surface area (Å²) in [7, 11) is 3.37. The maximum Gasteiger partial charge on any atom is 0.337 e. The third-order valence-electron chi connectivity index (χ3n) is 6.29. The number of carbonyl (C=O) groups excluding carboxylic acids is 3. The van der Waals surface area contributed by atoms with E-state index in [4.69, 9.17) is 14.2 Å². The molecule has 0 spiro atoms. The van der Waals surface area contributed by atoms with E-state index in [1.807, 2.05) is 38.1 Å². The molecular formula is C30H50N4O6. The largest absolute Gasteiger partial charge is 0.494 e. The first-order chi connectivity index (χ1) is 19.0. The minimum Gasteiger partial charge on any atom is -0.494 e. The molecule has 1 aromatic rings. The van der Waals surface area contributed by atoms with Gasteiger partial charge in [-0.25, -0.2) is 10.2 Å². The Kier molecular flexibility index (Phi) is 17.5. The molecule has 0 unspecified atom stereocenters. The van der Waals surface area contributed by atoms with Crippen LogP contribution in [0.4, 0.5) is 4.79 Å². The van der Waals surface area contributed by atoms with Crippen LogP contribution < -0.4 is 10.2 Å². The van der Waals surface area contributed by atoms with Crippen LogP contribution >= 0.6 is 0 Å². The van der Waals surface area contributed by atoms with E-state index in [0.717, 1.165) is 18.6 Å². The third-order valence-corrected chi connectivity index (χ3v) is 6.29. The predicted octanol–water partition coefficient (Wildman–Crippen LogP) is 4.36. The van der Waals surface area contributed by atoms with Gasteiger partial charge < -0.3 is 24.0 Å². The number of hydrazone groups is 1. The normalized spacial score (nSPS) is 11.6. The number of rotatable bonds is 20. The van der Waals surface area contributed by atoms with Gasteiger partial charge in [-0.15, -0.1) is 0 Å². The Morgan fingerprint density at radius 2 is 1.48 bits per heavy atom. The van der Waals surface area contributed by atoms with Crippen molar-refractivity contribution in [3.05, 3.63) is 29.8 Å². The minimum absolute atomic E-state index is 0.0418. The lowest BCUT2D eigenvalue weighted by molar-refractivity contribution is -0.131. The third kappa shape index (κ3) is 15.6. The lowest BCUT2D eigenvalue weighted by Crippen LogP contribution is -2.41. The van der Waals surface area contributed by atoms with Gasteiger partial charge >= 0.3 is 6.03 Å². The number of hydrogen-bond acceptors (Lipinski definition) is 7. The standard InChI is InChI=1S/C30H50N4O6/c1-23(2)14-19-38-21-22-39-20-15-29(36)33(6)16-17-34(7)30(37)32-31-25(5)26-10-12-27(13-11-26)40-18-8-9-28(35)24(3)4/h10-13,23-24H,8-9,14-22H2,1-7H3,(H,32,37)/b31-25+. The van der Waals surface area contributed by atoms with Gasteiger partial charge in [-0.05, 0) is 55.5 Å². The van der Waals surface area contributed by atoms with E-state index in [0.29, 0.717) is 69.7 Å². The number of nitrogens with one attached hydrogen (secondary N) is 1. The maximum absolute atomic E-state index is 12.4. The molecule has 40 heavy (non-hydrogen) atoms. The van der Waals surface area contributed by atoms with Crippen LogP contribution in [0.15, 0.2) is 29.4 Å². The highest BCUT2D eigenvalue weighted by molar-refractivity contribution is 5.99. The van der Waals surface area contributed by atoms with E-state index in [-0.39, 0.29) is 30.1 Å². The molecule has 10 nitrogen and oxygen atoms in total. The van der Waals surface area contributed by atoms with Crippen molar-refractivity contribution in [2.24, 2.45) is 16.9 Å². The van der Waals surface area contributed by atoms with Crippen LogP contribution in [-0.4, -0.2) is 93.5 Å². The van der Waals surface area contributed by atoms with Gasteiger partial charge in [0, 0.05) is 46.1 Å². The van der Waals surface area contributed by atoms with Gasteiger partial charge in [0.2, 0.25) is 5.91 Å². The number of nitrogens with zero attached hydrogens (tertiary/aromatic N) is 3. The second kappa shape index (κ2) is 20.0. The van der Waals surface area contributed by atoms with Crippen LogP contribution in [0.2, 0.25) is 0 Å². The lowest BCUT2D eigenvalue weighted by Gasteiger charge is -2.22. The first kappa shape index (κ1) is 35.0. The number of likely N-dealkylation sites (N-methyl/N-ethyl adjacent to an activating group) is 2. The molecule has 0 fully saturated rings. The molecular weight excluding hydrogens is 512 g/mol. The molecule has 1 N–H and O–H groups in total. The van der Waals surface area contributed by atoms with E-state index < -0.39 is 0 Å². The van der Waals surface area contributed by atoms with Gasteiger partial charge in [0.1, 0.15) is 11.5 Å². The van der Waals surface area contributed by atoms with E-state index in [1.54, 1.807) is 25.9 Å². The van der Waals surface area contributed by atoms with Gasteiger partial charge in [-0.2, -0.15) is 5.10 Å². The number of ether oxygens (including phenoxy) is 3. The molecule has 0 atom stereocenters. The zero-order valence-electron chi connectivity index (χ0n) is 25.5. The number of hydrogen-bond donors (Lipinski definition) is 1. The summed E-state index contributed by atoms with van der Waals surface area (Å²) < 4.78 is 16.7. The molecule has 0 saturated heterocycles. The molecule has 0 saturated carbocycles. The summed E-state index contributed by atoms with van der Waals surface area (Å²) in [5.41, 5.74) is 4.05. The van der Waals surface area contributed by atoms with E-state index >= 15 is 0 Å². The number of carbonyl (C=O) groups is 3. The Morgan fingerprint density at radius 1 is 0.850 bits per heavy atom. The Labute approximate surface area is 240 Å². The molecule has 0 aliphatic heterocycles. The van der Waals surface area contributed by atoms with Crippen molar-refractivity contribution in [3.63, 3.8) is 0 Å². The van der Waals surface area contributed by atoms with E-state index in [2.05, 4.69) is 24.4 Å². The maximum atomic E-state index is 12.4. The Morgan fingerprint density at radius 3 is 2.10 bits per heavy atom. The average molecular weight is 563 g/mol. The molecule has 0 heterocycles. The molecule has 1 rings (SSSR count). The van der Waals surface area contributed by atoms with Crippen molar-refractivity contribution < 1.29 is 28.6 Å². The zero-order chi connectivity index (χ0) is 29.9. The van der Waals surface area contributed by atoms with Gasteiger partial charge in [0.05, 0.1) is 38.6 Å². The van der Waals surface area contributed by atoms with Crippen LogP contribution in [-0.2, 0) is 19.1 Å². The predicted molar refractivity (Wildman–Crippen MR) is 158 cm³/mol.